The molecule has 1 amide bonds. The fourth-order valence-corrected chi connectivity index (χ4v) is 1.13. The highest BCUT2D eigenvalue weighted by Gasteiger charge is 2.14. The molecule has 0 bridgehead atoms. The van der Waals surface area contributed by atoms with E-state index in [1.165, 1.54) is 12.1 Å². The second-order valence-corrected chi connectivity index (χ2v) is 2.95. The smallest absolute Gasteiger partial charge is 0.261 e. The highest BCUT2D eigenvalue weighted by molar-refractivity contribution is 6.06. The first-order chi connectivity index (χ1) is 7.68. The molecule has 1 aromatic carbocycles. The van der Waals surface area contributed by atoms with Crippen LogP contribution in [0.1, 0.15) is 10.4 Å². The second kappa shape index (κ2) is 3.85. The molecule has 0 aliphatic rings. The van der Waals surface area contributed by atoms with Crippen molar-refractivity contribution in [2.24, 2.45) is 0 Å². The van der Waals surface area contributed by atoms with Crippen molar-refractivity contribution < 1.29 is 9.90 Å². The predicted octanol–water partition coefficient (Wildman–Crippen LogP) is -0.260. The van der Waals surface area contributed by atoms with Crippen molar-refractivity contribution in [3.8, 4) is 5.75 Å². The average Bonchev–Trinajstić information content (AvgIpc) is 2.74. The number of amides is 1. The van der Waals surface area contributed by atoms with Crippen molar-refractivity contribution in [2.45, 2.75) is 0 Å². The minimum Gasteiger partial charge on any atom is -0.505 e. The summed E-state index contributed by atoms with van der Waals surface area (Å²) in [6.07, 6.45) is 0. The SMILES string of the molecule is Nc1cccc(C(=O)Nc2nnn[nH]2)c1O. The Morgan fingerprint density at radius 1 is 1.50 bits per heavy atom. The molecule has 2 aromatic rings. The summed E-state index contributed by atoms with van der Waals surface area (Å²) in [7, 11) is 0. The molecule has 0 aliphatic heterocycles. The summed E-state index contributed by atoms with van der Waals surface area (Å²) in [6, 6.07) is 4.48. The van der Waals surface area contributed by atoms with Gasteiger partial charge in [0.25, 0.3) is 5.91 Å². The van der Waals surface area contributed by atoms with Crippen molar-refractivity contribution in [3.63, 3.8) is 0 Å². The molecule has 0 saturated carbocycles. The van der Waals surface area contributed by atoms with Crippen LogP contribution in [0.3, 0.4) is 0 Å². The molecule has 0 atom stereocenters. The average molecular weight is 220 g/mol. The van der Waals surface area contributed by atoms with Crippen molar-refractivity contribution in [2.75, 3.05) is 11.1 Å². The summed E-state index contributed by atoms with van der Waals surface area (Å²) in [5.41, 5.74) is 5.63. The number of nitrogens with zero attached hydrogens (tertiary/aromatic N) is 3. The van der Waals surface area contributed by atoms with Gasteiger partial charge in [-0.25, -0.2) is 5.10 Å². The van der Waals surface area contributed by atoms with Crippen LogP contribution in [0.2, 0.25) is 0 Å². The van der Waals surface area contributed by atoms with Crippen molar-refractivity contribution in [1.82, 2.24) is 20.6 Å². The molecule has 1 heterocycles. The molecule has 8 heteroatoms. The molecule has 0 saturated heterocycles. The van der Waals surface area contributed by atoms with Gasteiger partial charge in [-0.2, -0.15) is 0 Å². The Morgan fingerprint density at radius 3 is 3.00 bits per heavy atom. The Kier molecular flexibility index (Phi) is 2.38. The summed E-state index contributed by atoms with van der Waals surface area (Å²) in [5, 5.41) is 24.3. The van der Waals surface area contributed by atoms with Gasteiger partial charge in [0.05, 0.1) is 11.3 Å². The van der Waals surface area contributed by atoms with E-state index >= 15 is 0 Å². The summed E-state index contributed by atoms with van der Waals surface area (Å²) in [5.74, 6) is -0.734. The third-order valence-electron chi connectivity index (χ3n) is 1.89. The number of aromatic nitrogens is 4. The number of carbonyl (C=O) groups excluding carboxylic acids is 1. The van der Waals surface area contributed by atoms with Gasteiger partial charge in [0.2, 0.25) is 5.95 Å². The molecule has 8 nitrogen and oxygen atoms in total. The molecule has 5 N–H and O–H groups in total. The molecule has 0 aliphatic carbocycles. The number of phenolic OH excluding ortho intramolecular Hbond substituents is 1. The van der Waals surface area contributed by atoms with Gasteiger partial charge in [-0.05, 0) is 22.6 Å². The molecular formula is C8H8N6O2. The Labute approximate surface area is 89.5 Å². The minimum atomic E-state index is -0.552. The van der Waals surface area contributed by atoms with Gasteiger partial charge in [-0.15, -0.1) is 0 Å². The van der Waals surface area contributed by atoms with Crippen molar-refractivity contribution in [3.05, 3.63) is 23.8 Å². The van der Waals surface area contributed by atoms with Crippen molar-refractivity contribution in [1.29, 1.82) is 0 Å². The molecule has 1 aromatic heterocycles. The molecule has 0 spiro atoms. The van der Waals surface area contributed by atoms with E-state index in [9.17, 15) is 9.90 Å². The van der Waals surface area contributed by atoms with Crippen LogP contribution >= 0.6 is 0 Å². The number of nitrogens with two attached hydrogens (primary N) is 1. The Hall–Kier alpha value is -2.64. The van der Waals surface area contributed by atoms with Gasteiger partial charge in [0.15, 0.2) is 5.75 Å². The first-order valence-electron chi connectivity index (χ1n) is 4.31. The summed E-state index contributed by atoms with van der Waals surface area (Å²) in [6.45, 7) is 0. The van der Waals surface area contributed by atoms with E-state index in [0.29, 0.717) is 0 Å². The number of hydrogen-bond donors (Lipinski definition) is 4. The van der Waals surface area contributed by atoms with Gasteiger partial charge in [-0.1, -0.05) is 11.2 Å². The van der Waals surface area contributed by atoms with E-state index in [0.717, 1.165) is 0 Å². The lowest BCUT2D eigenvalue weighted by Crippen LogP contribution is -2.13. The van der Waals surface area contributed by atoms with E-state index in [1.54, 1.807) is 6.07 Å². The zero-order chi connectivity index (χ0) is 11.5. The van der Waals surface area contributed by atoms with E-state index < -0.39 is 5.91 Å². The number of carbonyl (C=O) groups is 1. The molecule has 0 fully saturated rings. The minimum absolute atomic E-state index is 0.0522. The first-order valence-corrected chi connectivity index (χ1v) is 4.31. The van der Waals surface area contributed by atoms with E-state index in [1.807, 2.05) is 0 Å². The number of benzene rings is 1. The number of tetrazole rings is 1. The fourth-order valence-electron chi connectivity index (χ4n) is 1.13. The number of rotatable bonds is 2. The van der Waals surface area contributed by atoms with Crippen molar-refractivity contribution >= 4 is 17.5 Å². The van der Waals surface area contributed by atoms with E-state index in [2.05, 4.69) is 25.9 Å². The van der Waals surface area contributed by atoms with Gasteiger partial charge in [0, 0.05) is 0 Å². The summed E-state index contributed by atoms with van der Waals surface area (Å²) < 4.78 is 0. The fraction of sp³-hybridized carbons (Fsp3) is 0. The van der Waals surface area contributed by atoms with Crippen LogP contribution in [-0.4, -0.2) is 31.6 Å². The number of nitrogen functional groups attached to an aromatic ring is 1. The maximum absolute atomic E-state index is 11.6. The van der Waals surface area contributed by atoms with Gasteiger partial charge >= 0.3 is 0 Å². The number of nitrogens with one attached hydrogen (secondary N) is 2. The topological polar surface area (TPSA) is 130 Å². The third kappa shape index (κ3) is 1.75. The largest absolute Gasteiger partial charge is 0.505 e. The van der Waals surface area contributed by atoms with Gasteiger partial charge < -0.3 is 10.8 Å². The normalized spacial score (nSPS) is 10.0. The zero-order valence-corrected chi connectivity index (χ0v) is 8.01. The lowest BCUT2D eigenvalue weighted by Gasteiger charge is -2.05. The number of aromatic amines is 1. The third-order valence-corrected chi connectivity index (χ3v) is 1.89. The number of phenols is 1. The second-order valence-electron chi connectivity index (χ2n) is 2.95. The Bertz CT molecular complexity index is 509. The molecule has 0 unspecified atom stereocenters. The first kappa shape index (κ1) is 9.90. The number of hydrogen-bond acceptors (Lipinski definition) is 6. The van der Waals surface area contributed by atoms with Crippen LogP contribution in [0.5, 0.6) is 5.75 Å². The molecule has 82 valence electrons. The van der Waals surface area contributed by atoms with Gasteiger partial charge in [-0.3, -0.25) is 10.1 Å². The molecule has 0 radical (unpaired) electrons. The number of para-hydroxylation sites is 1. The van der Waals surface area contributed by atoms with Gasteiger partial charge in [0.1, 0.15) is 0 Å². The standard InChI is InChI=1S/C8H8N6O2/c9-5-3-1-2-4(6(5)15)7(16)10-8-11-13-14-12-8/h1-3,15H,9H2,(H2,10,11,12,13,14,16). The summed E-state index contributed by atoms with van der Waals surface area (Å²) in [4.78, 5) is 11.6. The monoisotopic (exact) mass is 220 g/mol. The maximum atomic E-state index is 11.6. The maximum Gasteiger partial charge on any atom is 0.261 e. The van der Waals surface area contributed by atoms with Crippen LogP contribution in [-0.2, 0) is 0 Å². The highest BCUT2D eigenvalue weighted by atomic mass is 16.3. The molecular weight excluding hydrogens is 212 g/mol. The van der Waals surface area contributed by atoms with Crippen LogP contribution in [0, 0.1) is 0 Å². The number of H-pyrrole nitrogens is 1. The predicted molar refractivity (Wildman–Crippen MR) is 54.7 cm³/mol. The highest BCUT2D eigenvalue weighted by Crippen LogP contribution is 2.24. The van der Waals surface area contributed by atoms with Crippen LogP contribution in [0.4, 0.5) is 11.6 Å². The van der Waals surface area contributed by atoms with Crippen LogP contribution in [0.25, 0.3) is 0 Å². The number of anilines is 2. The number of aromatic hydroxyl groups is 1. The quantitative estimate of drug-likeness (QED) is 0.407. The molecule has 2 rings (SSSR count). The van der Waals surface area contributed by atoms with Crippen LogP contribution in [0.15, 0.2) is 18.2 Å². The van der Waals surface area contributed by atoms with E-state index in [4.69, 9.17) is 5.73 Å². The Balaban J connectivity index is 2.24. The zero-order valence-electron chi connectivity index (χ0n) is 8.01. The summed E-state index contributed by atoms with van der Waals surface area (Å²) >= 11 is 0. The molecule has 16 heavy (non-hydrogen) atoms. The lowest BCUT2D eigenvalue weighted by atomic mass is 10.1. The lowest BCUT2D eigenvalue weighted by molar-refractivity contribution is 0.102. The van der Waals surface area contributed by atoms with Crippen LogP contribution < -0.4 is 11.1 Å². The van der Waals surface area contributed by atoms with E-state index in [-0.39, 0.29) is 22.9 Å². The Morgan fingerprint density at radius 2 is 2.31 bits per heavy atom.